The number of ether oxygens (including phenoxy) is 4. The Bertz CT molecular complexity index is 1550. The lowest BCUT2D eigenvalue weighted by molar-refractivity contribution is -0.201. The van der Waals surface area contributed by atoms with Gasteiger partial charge in [0.15, 0.2) is 12.2 Å². The van der Waals surface area contributed by atoms with Gasteiger partial charge in [-0.3, -0.25) is 9.59 Å². The molecule has 1 aliphatic carbocycles. The van der Waals surface area contributed by atoms with Crippen LogP contribution < -0.4 is 9.47 Å². The van der Waals surface area contributed by atoms with Crippen molar-refractivity contribution in [3.8, 4) is 11.5 Å². The van der Waals surface area contributed by atoms with Crippen LogP contribution in [-0.4, -0.2) is 60.1 Å². The van der Waals surface area contributed by atoms with Crippen molar-refractivity contribution >= 4 is 11.8 Å². The largest absolute Gasteiger partial charge is 0.497 e. The Morgan fingerprint density at radius 2 is 0.917 bits per heavy atom. The number of hydrogen-bond donors (Lipinski definition) is 0. The highest BCUT2D eigenvalue weighted by Gasteiger charge is 2.59. The van der Waals surface area contributed by atoms with Crippen LogP contribution >= 0.6 is 0 Å². The van der Waals surface area contributed by atoms with E-state index in [4.69, 9.17) is 18.9 Å². The summed E-state index contributed by atoms with van der Waals surface area (Å²) in [5.41, 5.74) is 4.01. The molecule has 2 aliphatic heterocycles. The first-order chi connectivity index (χ1) is 23.6. The number of nitrogens with zero attached hydrogens (tertiary/aromatic N) is 2. The molecule has 0 aromatic heterocycles. The van der Waals surface area contributed by atoms with Crippen molar-refractivity contribution in [3.63, 3.8) is 0 Å². The summed E-state index contributed by atoms with van der Waals surface area (Å²) in [6.07, 6.45) is 2.35. The van der Waals surface area contributed by atoms with Gasteiger partial charge in [-0.25, -0.2) is 0 Å². The SMILES string of the molecule is COc1ccc([C@@H]2[C@H](OCc3ccccc3)C(=O)N2C2CCCCC2N2C(=O)[C@H](OCc3ccccc3)[C@@H]2c2ccc(OC)cc2)cc1. The minimum Gasteiger partial charge on any atom is -0.497 e. The normalized spacial score (nSPS) is 25.3. The molecule has 0 radical (unpaired) electrons. The Morgan fingerprint density at radius 3 is 1.27 bits per heavy atom. The van der Waals surface area contributed by atoms with E-state index < -0.39 is 12.2 Å². The first-order valence-electron chi connectivity index (χ1n) is 16.8. The zero-order chi connectivity index (χ0) is 33.0. The molecule has 2 heterocycles. The Labute approximate surface area is 282 Å². The average Bonchev–Trinajstić information content (AvgIpc) is 3.14. The van der Waals surface area contributed by atoms with Gasteiger partial charge in [0.25, 0.3) is 11.8 Å². The van der Waals surface area contributed by atoms with E-state index in [0.29, 0.717) is 13.2 Å². The standard InChI is InChI=1S/C40H42N2O6/c1-45-31-21-17-29(18-22-31)35-37(47-25-27-11-5-3-6-12-27)39(43)41(35)33-15-9-10-16-34(33)42-36(30-19-23-32(46-2)24-20-30)38(40(42)44)48-26-28-13-7-4-8-14-28/h3-8,11-14,17-24,33-38H,9-10,15-16,25-26H2,1-2H3/t33?,34?,35-,36+,37+,38-. The van der Waals surface area contributed by atoms with E-state index in [9.17, 15) is 9.59 Å². The van der Waals surface area contributed by atoms with Gasteiger partial charge < -0.3 is 28.7 Å². The highest BCUT2D eigenvalue weighted by atomic mass is 16.5. The molecule has 8 nitrogen and oxygen atoms in total. The lowest BCUT2D eigenvalue weighted by atomic mass is 9.78. The summed E-state index contributed by atoms with van der Waals surface area (Å²) in [4.78, 5) is 32.2. The summed E-state index contributed by atoms with van der Waals surface area (Å²) in [7, 11) is 3.29. The maximum atomic E-state index is 14.1. The van der Waals surface area contributed by atoms with E-state index in [1.165, 1.54) is 0 Å². The second-order valence-electron chi connectivity index (χ2n) is 12.8. The molecule has 3 fully saturated rings. The molecular weight excluding hydrogens is 604 g/mol. The molecule has 3 aliphatic rings. The summed E-state index contributed by atoms with van der Waals surface area (Å²) >= 11 is 0. The van der Waals surface area contributed by atoms with Crippen LogP contribution in [0, 0.1) is 0 Å². The van der Waals surface area contributed by atoms with Crippen LogP contribution in [0.3, 0.4) is 0 Å². The van der Waals surface area contributed by atoms with Gasteiger partial charge in [-0.1, -0.05) is 97.8 Å². The topological polar surface area (TPSA) is 77.5 Å². The summed E-state index contributed by atoms with van der Waals surface area (Å²) in [5, 5.41) is 0. The number of carbonyl (C=O) groups is 2. The maximum absolute atomic E-state index is 14.1. The molecule has 4 aromatic rings. The van der Waals surface area contributed by atoms with Gasteiger partial charge in [0.2, 0.25) is 0 Å². The van der Waals surface area contributed by atoms with E-state index in [0.717, 1.165) is 59.4 Å². The average molecular weight is 647 g/mol. The van der Waals surface area contributed by atoms with Crippen LogP contribution in [0.5, 0.6) is 11.5 Å². The minimum atomic E-state index is -0.618. The molecule has 248 valence electrons. The van der Waals surface area contributed by atoms with Crippen LogP contribution in [-0.2, 0) is 32.3 Å². The summed E-state index contributed by atoms with van der Waals surface area (Å²) in [5.74, 6) is 1.44. The van der Waals surface area contributed by atoms with Crippen molar-refractivity contribution in [2.75, 3.05) is 14.2 Å². The van der Waals surface area contributed by atoms with Crippen molar-refractivity contribution in [3.05, 3.63) is 131 Å². The van der Waals surface area contributed by atoms with Crippen molar-refractivity contribution in [2.24, 2.45) is 0 Å². The smallest absolute Gasteiger partial charge is 0.255 e. The Morgan fingerprint density at radius 1 is 0.542 bits per heavy atom. The molecular formula is C40H42N2O6. The molecule has 0 N–H and O–H groups in total. The van der Waals surface area contributed by atoms with Gasteiger partial charge in [0.1, 0.15) is 11.5 Å². The predicted octanol–water partition coefficient (Wildman–Crippen LogP) is 6.65. The van der Waals surface area contributed by atoms with Crippen molar-refractivity contribution < 1.29 is 28.5 Å². The quantitative estimate of drug-likeness (QED) is 0.161. The Hall–Kier alpha value is -4.66. The van der Waals surface area contributed by atoms with E-state index in [1.807, 2.05) is 119 Å². The van der Waals surface area contributed by atoms with Gasteiger partial charge in [0.05, 0.1) is 51.6 Å². The third kappa shape index (κ3) is 6.18. The van der Waals surface area contributed by atoms with Crippen LogP contribution in [0.25, 0.3) is 0 Å². The van der Waals surface area contributed by atoms with Gasteiger partial charge in [-0.15, -0.1) is 0 Å². The monoisotopic (exact) mass is 646 g/mol. The number of methoxy groups -OCH3 is 2. The molecule has 0 bridgehead atoms. The van der Waals surface area contributed by atoms with Crippen LogP contribution in [0.1, 0.15) is 60.0 Å². The molecule has 8 heteroatoms. The molecule has 2 saturated heterocycles. The molecule has 2 unspecified atom stereocenters. The first kappa shape index (κ1) is 31.9. The summed E-state index contributed by atoms with van der Waals surface area (Å²) in [6, 6.07) is 34.8. The third-order valence-electron chi connectivity index (χ3n) is 10.0. The minimum absolute atomic E-state index is 0.0329. The number of carbonyl (C=O) groups excluding carboxylic acids is 2. The zero-order valence-corrected chi connectivity index (χ0v) is 27.4. The number of β-lactam (4-membered cyclic amide) rings is 2. The highest BCUT2D eigenvalue weighted by Crippen LogP contribution is 2.48. The summed E-state index contributed by atoms with van der Waals surface area (Å²) < 4.78 is 23.6. The third-order valence-corrected chi connectivity index (χ3v) is 10.0. The zero-order valence-electron chi connectivity index (χ0n) is 27.4. The Balaban J connectivity index is 1.18. The van der Waals surface area contributed by atoms with Crippen molar-refractivity contribution in [1.82, 2.24) is 9.80 Å². The lowest BCUT2D eigenvalue weighted by Crippen LogP contribution is -2.72. The second-order valence-corrected chi connectivity index (χ2v) is 12.8. The van der Waals surface area contributed by atoms with Gasteiger partial charge in [0, 0.05) is 0 Å². The number of hydrogen-bond acceptors (Lipinski definition) is 6. The van der Waals surface area contributed by atoms with E-state index in [-0.39, 0.29) is 36.0 Å². The van der Waals surface area contributed by atoms with Gasteiger partial charge in [-0.2, -0.15) is 0 Å². The van der Waals surface area contributed by atoms with Gasteiger partial charge in [-0.05, 0) is 59.4 Å². The van der Waals surface area contributed by atoms with Crippen LogP contribution in [0.15, 0.2) is 109 Å². The van der Waals surface area contributed by atoms with Gasteiger partial charge >= 0.3 is 0 Å². The Kier molecular flexibility index (Phi) is 9.45. The molecule has 4 aromatic carbocycles. The fraction of sp³-hybridized carbons (Fsp3) is 0.350. The molecule has 7 rings (SSSR count). The first-order valence-corrected chi connectivity index (χ1v) is 16.8. The molecule has 48 heavy (non-hydrogen) atoms. The van der Waals surface area contributed by atoms with E-state index in [2.05, 4.69) is 0 Å². The summed E-state index contributed by atoms with van der Waals surface area (Å²) in [6.45, 7) is 0.687. The lowest BCUT2D eigenvalue weighted by Gasteiger charge is -2.59. The fourth-order valence-electron chi connectivity index (χ4n) is 7.56. The van der Waals surface area contributed by atoms with Crippen molar-refractivity contribution in [1.29, 1.82) is 0 Å². The number of rotatable bonds is 12. The van der Waals surface area contributed by atoms with E-state index >= 15 is 0 Å². The van der Waals surface area contributed by atoms with Crippen LogP contribution in [0.2, 0.25) is 0 Å². The number of amides is 2. The molecule has 0 spiro atoms. The number of likely N-dealkylation sites (tertiary alicyclic amines) is 2. The second kappa shape index (κ2) is 14.2. The van der Waals surface area contributed by atoms with Crippen molar-refractivity contribution in [2.45, 2.75) is 75.3 Å². The molecule has 1 saturated carbocycles. The molecule has 6 atom stereocenters. The highest BCUT2D eigenvalue weighted by molar-refractivity contribution is 5.91. The fourth-order valence-corrected chi connectivity index (χ4v) is 7.56. The maximum Gasteiger partial charge on any atom is 0.255 e. The number of benzene rings is 4. The molecule has 2 amide bonds. The predicted molar refractivity (Wildman–Crippen MR) is 181 cm³/mol. The van der Waals surface area contributed by atoms with Crippen LogP contribution in [0.4, 0.5) is 0 Å². The van der Waals surface area contributed by atoms with E-state index in [1.54, 1.807) is 14.2 Å².